The standard InChI is InChI=1S/C19H21ClN2O4/c1-12-15(20)7-5-9-16(12)22-18(24)13(2)26-19(25)14-6-3-4-8-17(14)21-10-11-23/h3-9,13,21,23H,10-11H2,1-2H3,(H,22,24)/t13-/m1/s1. The molecule has 0 heterocycles. The molecule has 0 saturated heterocycles. The topological polar surface area (TPSA) is 87.7 Å². The third kappa shape index (κ3) is 4.97. The maximum Gasteiger partial charge on any atom is 0.341 e. The quantitative estimate of drug-likeness (QED) is 0.646. The molecule has 2 aromatic rings. The van der Waals surface area contributed by atoms with Gasteiger partial charge in [-0.2, -0.15) is 0 Å². The number of aliphatic hydroxyl groups is 1. The number of hydrogen-bond acceptors (Lipinski definition) is 5. The summed E-state index contributed by atoms with van der Waals surface area (Å²) in [5, 5.41) is 15.1. The van der Waals surface area contributed by atoms with Crippen molar-refractivity contribution in [3.8, 4) is 0 Å². The van der Waals surface area contributed by atoms with Crippen LogP contribution in [0.1, 0.15) is 22.8 Å². The summed E-state index contributed by atoms with van der Waals surface area (Å²) >= 11 is 6.04. The van der Waals surface area contributed by atoms with E-state index in [0.29, 0.717) is 28.5 Å². The Kier molecular flexibility index (Phi) is 7.00. The van der Waals surface area contributed by atoms with Crippen molar-refractivity contribution in [3.05, 3.63) is 58.6 Å². The third-order valence-electron chi connectivity index (χ3n) is 3.75. The Balaban J connectivity index is 2.05. The molecule has 0 spiro atoms. The van der Waals surface area contributed by atoms with Crippen LogP contribution in [-0.2, 0) is 9.53 Å². The predicted molar refractivity (Wildman–Crippen MR) is 102 cm³/mol. The summed E-state index contributed by atoms with van der Waals surface area (Å²) in [5.74, 6) is -1.08. The Morgan fingerprint density at radius 2 is 1.85 bits per heavy atom. The maximum absolute atomic E-state index is 12.4. The molecule has 0 aliphatic rings. The van der Waals surface area contributed by atoms with Gasteiger partial charge in [-0.25, -0.2) is 4.79 Å². The first kappa shape index (κ1) is 19.8. The van der Waals surface area contributed by atoms with E-state index in [4.69, 9.17) is 21.4 Å². The molecule has 2 aromatic carbocycles. The number of para-hydroxylation sites is 1. The van der Waals surface area contributed by atoms with Gasteiger partial charge in [-0.15, -0.1) is 0 Å². The Morgan fingerprint density at radius 1 is 1.15 bits per heavy atom. The highest BCUT2D eigenvalue weighted by molar-refractivity contribution is 6.31. The van der Waals surface area contributed by atoms with Crippen LogP contribution in [-0.4, -0.2) is 36.2 Å². The fourth-order valence-corrected chi connectivity index (χ4v) is 2.44. The van der Waals surface area contributed by atoms with Gasteiger partial charge in [0, 0.05) is 22.9 Å². The van der Waals surface area contributed by atoms with Crippen LogP contribution in [0.2, 0.25) is 5.02 Å². The Hall–Kier alpha value is -2.57. The lowest BCUT2D eigenvalue weighted by molar-refractivity contribution is -0.123. The van der Waals surface area contributed by atoms with Crippen LogP contribution >= 0.6 is 11.6 Å². The number of aliphatic hydroxyl groups excluding tert-OH is 1. The van der Waals surface area contributed by atoms with E-state index in [9.17, 15) is 9.59 Å². The van der Waals surface area contributed by atoms with Crippen LogP contribution < -0.4 is 10.6 Å². The van der Waals surface area contributed by atoms with Gasteiger partial charge in [0.25, 0.3) is 5.91 Å². The smallest absolute Gasteiger partial charge is 0.341 e. The molecule has 1 atom stereocenters. The van der Waals surface area contributed by atoms with Gasteiger partial charge in [0.2, 0.25) is 0 Å². The molecule has 138 valence electrons. The highest BCUT2D eigenvalue weighted by Gasteiger charge is 2.21. The normalized spacial score (nSPS) is 11.5. The van der Waals surface area contributed by atoms with Gasteiger partial charge in [-0.1, -0.05) is 29.8 Å². The average molecular weight is 377 g/mol. The molecule has 26 heavy (non-hydrogen) atoms. The van der Waals surface area contributed by atoms with Crippen molar-refractivity contribution in [2.24, 2.45) is 0 Å². The first-order chi connectivity index (χ1) is 12.4. The Bertz CT molecular complexity index is 795. The average Bonchev–Trinajstić information content (AvgIpc) is 2.63. The summed E-state index contributed by atoms with van der Waals surface area (Å²) in [6, 6.07) is 11.9. The number of ether oxygens (including phenoxy) is 1. The minimum Gasteiger partial charge on any atom is -0.449 e. The summed E-state index contributed by atoms with van der Waals surface area (Å²) in [5.41, 5.74) is 2.12. The second-order valence-electron chi connectivity index (χ2n) is 5.65. The Labute approximate surface area is 157 Å². The minimum atomic E-state index is -0.994. The third-order valence-corrected chi connectivity index (χ3v) is 4.16. The Morgan fingerprint density at radius 3 is 2.58 bits per heavy atom. The number of rotatable bonds is 7. The zero-order chi connectivity index (χ0) is 19.1. The first-order valence-electron chi connectivity index (χ1n) is 8.14. The van der Waals surface area contributed by atoms with Gasteiger partial charge in [-0.05, 0) is 43.7 Å². The summed E-state index contributed by atoms with van der Waals surface area (Å²) < 4.78 is 5.27. The number of anilines is 2. The number of hydrogen-bond donors (Lipinski definition) is 3. The van der Waals surface area contributed by atoms with Crippen molar-refractivity contribution in [2.75, 3.05) is 23.8 Å². The molecule has 6 nitrogen and oxygen atoms in total. The van der Waals surface area contributed by atoms with Crippen molar-refractivity contribution >= 4 is 34.9 Å². The number of carbonyl (C=O) groups excluding carboxylic acids is 2. The molecule has 3 N–H and O–H groups in total. The van der Waals surface area contributed by atoms with Crippen molar-refractivity contribution in [2.45, 2.75) is 20.0 Å². The van der Waals surface area contributed by atoms with E-state index >= 15 is 0 Å². The second kappa shape index (κ2) is 9.22. The van der Waals surface area contributed by atoms with Crippen LogP contribution in [0.4, 0.5) is 11.4 Å². The molecule has 0 aromatic heterocycles. The highest BCUT2D eigenvalue weighted by Crippen LogP contribution is 2.23. The summed E-state index contributed by atoms with van der Waals surface area (Å²) in [6.07, 6.45) is -0.994. The molecular formula is C19H21ClN2O4. The fraction of sp³-hybridized carbons (Fsp3) is 0.263. The van der Waals surface area contributed by atoms with E-state index in [-0.39, 0.29) is 6.61 Å². The molecule has 0 fully saturated rings. The van der Waals surface area contributed by atoms with Gasteiger partial charge in [0.05, 0.1) is 12.2 Å². The fourth-order valence-electron chi connectivity index (χ4n) is 2.26. The van der Waals surface area contributed by atoms with Crippen LogP contribution in [0.25, 0.3) is 0 Å². The molecule has 0 bridgehead atoms. The van der Waals surface area contributed by atoms with E-state index in [1.54, 1.807) is 49.4 Å². The van der Waals surface area contributed by atoms with E-state index < -0.39 is 18.0 Å². The highest BCUT2D eigenvalue weighted by atomic mass is 35.5. The predicted octanol–water partition coefficient (Wildman–Crippen LogP) is 3.24. The molecule has 0 aliphatic heterocycles. The van der Waals surface area contributed by atoms with E-state index in [2.05, 4.69) is 10.6 Å². The van der Waals surface area contributed by atoms with Crippen LogP contribution in [0.5, 0.6) is 0 Å². The molecule has 0 aliphatic carbocycles. The summed E-state index contributed by atoms with van der Waals surface area (Å²) in [4.78, 5) is 24.7. The molecular weight excluding hydrogens is 356 g/mol. The van der Waals surface area contributed by atoms with Crippen LogP contribution in [0.15, 0.2) is 42.5 Å². The van der Waals surface area contributed by atoms with Gasteiger partial charge in [0.15, 0.2) is 6.10 Å². The second-order valence-corrected chi connectivity index (χ2v) is 6.05. The zero-order valence-corrected chi connectivity index (χ0v) is 15.3. The van der Waals surface area contributed by atoms with Crippen molar-refractivity contribution in [1.82, 2.24) is 0 Å². The van der Waals surface area contributed by atoms with Gasteiger partial charge in [-0.3, -0.25) is 4.79 Å². The summed E-state index contributed by atoms with van der Waals surface area (Å²) in [7, 11) is 0. The molecule has 0 saturated carbocycles. The first-order valence-corrected chi connectivity index (χ1v) is 8.52. The molecule has 7 heteroatoms. The number of amides is 1. The molecule has 0 radical (unpaired) electrons. The largest absolute Gasteiger partial charge is 0.449 e. The molecule has 0 unspecified atom stereocenters. The molecule has 1 amide bonds. The number of halogens is 1. The van der Waals surface area contributed by atoms with Crippen molar-refractivity contribution < 1.29 is 19.4 Å². The van der Waals surface area contributed by atoms with Gasteiger partial charge in [0.1, 0.15) is 0 Å². The lowest BCUT2D eigenvalue weighted by atomic mass is 10.1. The van der Waals surface area contributed by atoms with E-state index in [0.717, 1.165) is 5.56 Å². The van der Waals surface area contributed by atoms with Crippen LogP contribution in [0.3, 0.4) is 0 Å². The van der Waals surface area contributed by atoms with Crippen molar-refractivity contribution in [1.29, 1.82) is 0 Å². The monoisotopic (exact) mass is 376 g/mol. The number of carbonyl (C=O) groups is 2. The van der Waals surface area contributed by atoms with E-state index in [1.807, 2.05) is 0 Å². The van der Waals surface area contributed by atoms with Gasteiger partial charge < -0.3 is 20.5 Å². The number of esters is 1. The number of nitrogens with one attached hydrogen (secondary N) is 2. The molecule has 2 rings (SSSR count). The lowest BCUT2D eigenvalue weighted by Gasteiger charge is -2.16. The minimum absolute atomic E-state index is 0.0683. The maximum atomic E-state index is 12.4. The zero-order valence-electron chi connectivity index (χ0n) is 14.6. The summed E-state index contributed by atoms with van der Waals surface area (Å²) in [6.45, 7) is 3.52. The lowest BCUT2D eigenvalue weighted by Crippen LogP contribution is -2.30. The van der Waals surface area contributed by atoms with Crippen LogP contribution in [0, 0.1) is 6.92 Å². The van der Waals surface area contributed by atoms with Crippen molar-refractivity contribution in [3.63, 3.8) is 0 Å². The number of benzene rings is 2. The van der Waals surface area contributed by atoms with E-state index in [1.165, 1.54) is 6.92 Å². The SMILES string of the molecule is Cc1c(Cl)cccc1NC(=O)[C@@H](C)OC(=O)c1ccccc1NCCO. The van der Waals surface area contributed by atoms with Gasteiger partial charge >= 0.3 is 5.97 Å².